The summed E-state index contributed by atoms with van der Waals surface area (Å²) in [4.78, 5) is 5.93. The number of anilines is 1. The van der Waals surface area contributed by atoms with Gasteiger partial charge in [0.1, 0.15) is 17.7 Å². The number of alkyl halides is 3. The van der Waals surface area contributed by atoms with Crippen molar-refractivity contribution in [2.75, 3.05) is 18.0 Å². The Bertz CT molecular complexity index is 726. The Kier molecular flexibility index (Phi) is 5.08. The summed E-state index contributed by atoms with van der Waals surface area (Å²) >= 11 is 6.01. The third kappa shape index (κ3) is 4.37. The van der Waals surface area contributed by atoms with E-state index in [1.807, 2.05) is 30.0 Å². The van der Waals surface area contributed by atoms with Crippen molar-refractivity contribution in [3.8, 4) is 5.75 Å². The van der Waals surface area contributed by atoms with Crippen molar-refractivity contribution in [2.24, 2.45) is 0 Å². The third-order valence-electron chi connectivity index (χ3n) is 4.27. The first-order valence-electron chi connectivity index (χ1n) is 8.04. The average molecular weight is 371 g/mol. The molecule has 0 amide bonds. The summed E-state index contributed by atoms with van der Waals surface area (Å²) in [5.41, 5.74) is 0.234. The summed E-state index contributed by atoms with van der Waals surface area (Å²) in [7, 11) is 0. The van der Waals surface area contributed by atoms with Gasteiger partial charge in [0, 0.05) is 37.2 Å². The lowest BCUT2D eigenvalue weighted by Crippen LogP contribution is -2.38. The molecule has 3 rings (SSSR count). The van der Waals surface area contributed by atoms with Crippen LogP contribution in [0.3, 0.4) is 0 Å². The highest BCUT2D eigenvalue weighted by atomic mass is 35.5. The molecule has 0 saturated carbocycles. The van der Waals surface area contributed by atoms with Gasteiger partial charge in [-0.1, -0.05) is 11.6 Å². The fourth-order valence-electron chi connectivity index (χ4n) is 2.83. The second kappa shape index (κ2) is 7.12. The van der Waals surface area contributed by atoms with Crippen LogP contribution in [0.5, 0.6) is 5.75 Å². The molecule has 1 aliphatic heterocycles. The van der Waals surface area contributed by atoms with E-state index >= 15 is 0 Å². The van der Waals surface area contributed by atoms with Crippen LogP contribution in [0.25, 0.3) is 0 Å². The molecular weight excluding hydrogens is 353 g/mol. The monoisotopic (exact) mass is 370 g/mol. The Hall–Kier alpha value is -1.95. The minimum absolute atomic E-state index is 0.0753. The van der Waals surface area contributed by atoms with Gasteiger partial charge in [0.25, 0.3) is 0 Å². The molecule has 1 aromatic heterocycles. The largest absolute Gasteiger partial charge is 0.490 e. The van der Waals surface area contributed by atoms with Crippen LogP contribution in [0.2, 0.25) is 5.02 Å². The maximum Gasteiger partial charge on any atom is 0.417 e. The quantitative estimate of drug-likeness (QED) is 0.750. The fourth-order valence-corrected chi connectivity index (χ4v) is 2.94. The second-order valence-electron chi connectivity index (χ2n) is 6.12. The van der Waals surface area contributed by atoms with E-state index in [4.69, 9.17) is 16.3 Å². The zero-order chi connectivity index (χ0) is 18.0. The van der Waals surface area contributed by atoms with Crippen LogP contribution >= 0.6 is 11.6 Å². The third-order valence-corrected chi connectivity index (χ3v) is 4.70. The van der Waals surface area contributed by atoms with Gasteiger partial charge in [0.05, 0.1) is 5.56 Å². The first-order chi connectivity index (χ1) is 11.8. The number of aryl methyl sites for hydroxylation is 1. The number of piperidine rings is 1. The second-order valence-corrected chi connectivity index (χ2v) is 6.53. The molecule has 1 aromatic carbocycles. The Morgan fingerprint density at radius 3 is 2.44 bits per heavy atom. The molecule has 134 valence electrons. The molecular formula is C18H18ClF3N2O. The van der Waals surface area contributed by atoms with Crippen molar-refractivity contribution in [3.05, 3.63) is 52.7 Å². The fraction of sp³-hybridized carbons (Fsp3) is 0.389. The molecule has 0 unspecified atom stereocenters. The van der Waals surface area contributed by atoms with Crippen molar-refractivity contribution in [2.45, 2.75) is 32.0 Å². The Morgan fingerprint density at radius 1 is 1.16 bits per heavy atom. The van der Waals surface area contributed by atoms with E-state index in [9.17, 15) is 13.2 Å². The van der Waals surface area contributed by atoms with Gasteiger partial charge >= 0.3 is 6.18 Å². The summed E-state index contributed by atoms with van der Waals surface area (Å²) < 4.78 is 43.8. The first kappa shape index (κ1) is 17.9. The van der Waals surface area contributed by atoms with Crippen molar-refractivity contribution in [1.82, 2.24) is 4.98 Å². The molecule has 2 aromatic rings. The summed E-state index contributed by atoms with van der Waals surface area (Å²) in [6.45, 7) is 3.30. The smallest absolute Gasteiger partial charge is 0.417 e. The Morgan fingerprint density at radius 2 is 1.88 bits per heavy atom. The van der Waals surface area contributed by atoms with Gasteiger partial charge < -0.3 is 9.64 Å². The number of aromatic nitrogens is 1. The average Bonchev–Trinajstić information content (AvgIpc) is 2.58. The minimum Gasteiger partial charge on any atom is -0.490 e. The Balaban J connectivity index is 1.57. The van der Waals surface area contributed by atoms with Gasteiger partial charge in [0.2, 0.25) is 0 Å². The van der Waals surface area contributed by atoms with Crippen LogP contribution in [0.4, 0.5) is 19.0 Å². The molecule has 0 spiro atoms. The van der Waals surface area contributed by atoms with Gasteiger partial charge in [-0.25, -0.2) is 4.98 Å². The molecule has 7 heteroatoms. The number of halogens is 4. The normalized spacial score (nSPS) is 16.1. The summed E-state index contributed by atoms with van der Waals surface area (Å²) in [5.74, 6) is 1.35. The zero-order valence-corrected chi connectivity index (χ0v) is 14.4. The molecule has 0 aliphatic carbocycles. The van der Waals surface area contributed by atoms with Crippen LogP contribution in [-0.2, 0) is 6.18 Å². The van der Waals surface area contributed by atoms with Crippen molar-refractivity contribution in [1.29, 1.82) is 0 Å². The Labute approximate surface area is 149 Å². The highest BCUT2D eigenvalue weighted by Gasteiger charge is 2.31. The lowest BCUT2D eigenvalue weighted by atomic mass is 10.1. The number of nitrogens with zero attached hydrogens (tertiary/aromatic N) is 2. The minimum atomic E-state index is -4.36. The summed E-state index contributed by atoms with van der Waals surface area (Å²) in [6.07, 6.45) is -1.84. The highest BCUT2D eigenvalue weighted by Crippen LogP contribution is 2.30. The van der Waals surface area contributed by atoms with E-state index in [0.717, 1.165) is 36.4 Å². The van der Waals surface area contributed by atoms with Crippen LogP contribution < -0.4 is 9.64 Å². The molecule has 0 atom stereocenters. The van der Waals surface area contributed by atoms with E-state index in [-0.39, 0.29) is 6.10 Å². The van der Waals surface area contributed by atoms with Crippen LogP contribution in [-0.4, -0.2) is 24.2 Å². The van der Waals surface area contributed by atoms with Crippen LogP contribution in [0.15, 0.2) is 36.5 Å². The maximum absolute atomic E-state index is 12.6. The van der Waals surface area contributed by atoms with E-state index < -0.39 is 11.7 Å². The maximum atomic E-state index is 12.6. The number of hydrogen-bond acceptors (Lipinski definition) is 3. The van der Waals surface area contributed by atoms with Crippen molar-refractivity contribution in [3.63, 3.8) is 0 Å². The standard InChI is InChI=1S/C18H18ClF3N2O/c1-12-10-15(3-4-16(12)19)25-14-6-8-24(9-7-14)17-5-2-13(11-23-17)18(20,21)22/h2-5,10-11,14H,6-9H2,1H3. The highest BCUT2D eigenvalue weighted by molar-refractivity contribution is 6.31. The predicted molar refractivity (Wildman–Crippen MR) is 91.3 cm³/mol. The van der Waals surface area contributed by atoms with Crippen LogP contribution in [0, 0.1) is 6.92 Å². The van der Waals surface area contributed by atoms with E-state index in [1.54, 1.807) is 0 Å². The topological polar surface area (TPSA) is 25.4 Å². The molecule has 1 aliphatic rings. The van der Waals surface area contributed by atoms with Crippen LogP contribution in [0.1, 0.15) is 24.0 Å². The van der Waals surface area contributed by atoms with E-state index in [2.05, 4.69) is 4.98 Å². The van der Waals surface area contributed by atoms with Gasteiger partial charge in [-0.3, -0.25) is 0 Å². The van der Waals surface area contributed by atoms with Gasteiger partial charge in [-0.05, 0) is 42.8 Å². The lowest BCUT2D eigenvalue weighted by molar-refractivity contribution is -0.137. The zero-order valence-electron chi connectivity index (χ0n) is 13.7. The summed E-state index contributed by atoms with van der Waals surface area (Å²) in [5, 5.41) is 0.704. The molecule has 3 nitrogen and oxygen atoms in total. The van der Waals surface area contributed by atoms with Gasteiger partial charge in [0.15, 0.2) is 0 Å². The number of pyridine rings is 1. The molecule has 2 heterocycles. The number of ether oxygens (including phenoxy) is 1. The van der Waals surface area contributed by atoms with Gasteiger partial charge in [-0.15, -0.1) is 0 Å². The molecule has 1 saturated heterocycles. The van der Waals surface area contributed by atoms with E-state index in [0.29, 0.717) is 23.9 Å². The van der Waals surface area contributed by atoms with Crippen molar-refractivity contribution < 1.29 is 17.9 Å². The lowest BCUT2D eigenvalue weighted by Gasteiger charge is -2.33. The molecule has 0 N–H and O–H groups in total. The molecule has 1 fully saturated rings. The number of rotatable bonds is 3. The first-order valence-corrected chi connectivity index (χ1v) is 8.42. The van der Waals surface area contributed by atoms with Crippen molar-refractivity contribution >= 4 is 17.4 Å². The SMILES string of the molecule is Cc1cc(OC2CCN(c3ccc(C(F)(F)F)cn3)CC2)ccc1Cl. The summed E-state index contributed by atoms with van der Waals surface area (Å²) in [6, 6.07) is 8.06. The molecule has 0 bridgehead atoms. The van der Waals surface area contributed by atoms with E-state index in [1.165, 1.54) is 6.07 Å². The van der Waals surface area contributed by atoms with Gasteiger partial charge in [-0.2, -0.15) is 13.2 Å². The number of benzene rings is 1. The predicted octanol–water partition coefficient (Wildman–Crippen LogP) is 5.11. The molecule has 0 radical (unpaired) electrons. The number of hydrogen-bond donors (Lipinski definition) is 0. The molecule has 25 heavy (non-hydrogen) atoms.